The third kappa shape index (κ3) is 4.00. The van der Waals surface area contributed by atoms with Crippen LogP contribution in [0.3, 0.4) is 0 Å². The minimum Gasteiger partial charge on any atom is -0.370 e. The van der Waals surface area contributed by atoms with Crippen LogP contribution < -0.4 is 9.80 Å². The number of benzene rings is 2. The van der Waals surface area contributed by atoms with Gasteiger partial charge in [-0.2, -0.15) is 0 Å². The number of piperazine rings is 1. The Bertz CT molecular complexity index is 1090. The van der Waals surface area contributed by atoms with Gasteiger partial charge in [0, 0.05) is 39.3 Å². The highest BCUT2D eigenvalue weighted by Gasteiger charge is 2.32. The summed E-state index contributed by atoms with van der Waals surface area (Å²) in [6.07, 6.45) is 3.23. The number of anilines is 2. The van der Waals surface area contributed by atoms with Gasteiger partial charge in [-0.25, -0.2) is 4.63 Å². The monoisotopic (exact) mass is 436 g/mol. The molecular formula is C23H28N6O3. The molecule has 2 aromatic carbocycles. The summed E-state index contributed by atoms with van der Waals surface area (Å²) in [5.41, 5.74) is 3.60. The van der Waals surface area contributed by atoms with Crippen LogP contribution in [0.4, 0.5) is 17.1 Å². The molecule has 0 unspecified atom stereocenters. The van der Waals surface area contributed by atoms with Gasteiger partial charge in [-0.1, -0.05) is 30.3 Å². The second-order valence-electron chi connectivity index (χ2n) is 8.89. The van der Waals surface area contributed by atoms with Crippen LogP contribution in [0, 0.1) is 16.0 Å². The van der Waals surface area contributed by atoms with Crippen molar-refractivity contribution in [1.82, 2.24) is 15.2 Å². The summed E-state index contributed by atoms with van der Waals surface area (Å²) in [5.74, 6) is 0.634. The number of aromatic nitrogens is 2. The summed E-state index contributed by atoms with van der Waals surface area (Å²) < 4.78 is 4.99. The predicted molar refractivity (Wildman–Crippen MR) is 123 cm³/mol. The molecule has 2 fully saturated rings. The number of nitro benzene ring substituents is 1. The maximum atomic E-state index is 12.0. The summed E-state index contributed by atoms with van der Waals surface area (Å²) in [5, 5.41) is 20.0. The fourth-order valence-corrected chi connectivity index (χ4v) is 4.93. The van der Waals surface area contributed by atoms with E-state index in [4.69, 9.17) is 4.63 Å². The van der Waals surface area contributed by atoms with Gasteiger partial charge in [0.1, 0.15) is 5.69 Å². The van der Waals surface area contributed by atoms with E-state index >= 15 is 0 Å². The highest BCUT2D eigenvalue weighted by atomic mass is 16.6. The van der Waals surface area contributed by atoms with Gasteiger partial charge in [0.05, 0.1) is 10.6 Å². The lowest BCUT2D eigenvalue weighted by atomic mass is 9.90. The van der Waals surface area contributed by atoms with E-state index in [9.17, 15) is 10.1 Å². The second-order valence-corrected chi connectivity index (χ2v) is 8.89. The molecule has 0 amide bonds. The number of hydrogen-bond donors (Lipinski definition) is 0. The lowest BCUT2D eigenvalue weighted by Crippen LogP contribution is -2.44. The van der Waals surface area contributed by atoms with E-state index in [1.807, 2.05) is 6.07 Å². The highest BCUT2D eigenvalue weighted by molar-refractivity contribution is 6.00. The Morgan fingerprint density at radius 1 is 0.969 bits per heavy atom. The Morgan fingerprint density at radius 3 is 2.31 bits per heavy atom. The zero-order valence-electron chi connectivity index (χ0n) is 18.3. The first-order valence-corrected chi connectivity index (χ1v) is 11.3. The van der Waals surface area contributed by atoms with Crippen molar-refractivity contribution in [3.05, 3.63) is 52.1 Å². The van der Waals surface area contributed by atoms with Crippen molar-refractivity contribution >= 4 is 28.1 Å². The van der Waals surface area contributed by atoms with Crippen LogP contribution in [-0.4, -0.2) is 66.5 Å². The van der Waals surface area contributed by atoms with Gasteiger partial charge < -0.3 is 14.7 Å². The van der Waals surface area contributed by atoms with Crippen LogP contribution in [0.15, 0.2) is 41.0 Å². The minimum absolute atomic E-state index is 0.00600. The van der Waals surface area contributed by atoms with Gasteiger partial charge in [-0.15, -0.1) is 0 Å². The average molecular weight is 437 g/mol. The van der Waals surface area contributed by atoms with E-state index in [1.165, 1.54) is 5.56 Å². The summed E-state index contributed by atoms with van der Waals surface area (Å²) in [6.45, 7) is 5.00. The first-order chi connectivity index (χ1) is 15.6. The Morgan fingerprint density at radius 2 is 1.62 bits per heavy atom. The third-order valence-electron chi connectivity index (χ3n) is 6.82. The Hall–Kier alpha value is -3.20. The number of nitro groups is 1. The maximum Gasteiger partial charge on any atom is 0.323 e. The molecule has 32 heavy (non-hydrogen) atoms. The molecule has 2 aliphatic rings. The van der Waals surface area contributed by atoms with Gasteiger partial charge in [-0.3, -0.25) is 10.1 Å². The number of rotatable bonds is 5. The maximum absolute atomic E-state index is 12.0. The van der Waals surface area contributed by atoms with Crippen molar-refractivity contribution in [2.75, 3.05) is 56.1 Å². The van der Waals surface area contributed by atoms with Gasteiger partial charge in [0.25, 0.3) is 0 Å². The predicted octanol–water partition coefficient (Wildman–Crippen LogP) is 3.34. The number of piperidine rings is 1. The van der Waals surface area contributed by atoms with Crippen LogP contribution in [0.25, 0.3) is 11.0 Å². The topological polar surface area (TPSA) is 91.8 Å². The van der Waals surface area contributed by atoms with E-state index in [1.54, 1.807) is 0 Å². The molecule has 5 rings (SSSR count). The molecule has 0 spiro atoms. The molecule has 2 saturated heterocycles. The molecule has 0 bridgehead atoms. The van der Waals surface area contributed by atoms with Crippen LogP contribution in [0.2, 0.25) is 0 Å². The number of fused-ring (bicyclic) bond motifs is 1. The third-order valence-corrected chi connectivity index (χ3v) is 6.82. The smallest absolute Gasteiger partial charge is 0.323 e. The van der Waals surface area contributed by atoms with Crippen molar-refractivity contribution in [2.24, 2.45) is 5.92 Å². The molecule has 1 aromatic heterocycles. The first kappa shape index (κ1) is 20.7. The standard InChI is InChI=1S/C23H28N6O3/c1-26-11-13-28(14-12-26)20-16-19(21-22(25-32-24-21)23(20)29(30)31)27-9-7-18(8-10-27)15-17-5-3-2-4-6-17/h2-6,16,18H,7-15H2,1H3. The first-order valence-electron chi connectivity index (χ1n) is 11.3. The molecule has 0 radical (unpaired) electrons. The molecule has 3 aromatic rings. The lowest BCUT2D eigenvalue weighted by molar-refractivity contribution is -0.382. The van der Waals surface area contributed by atoms with Crippen molar-refractivity contribution in [1.29, 1.82) is 0 Å². The lowest BCUT2D eigenvalue weighted by Gasteiger charge is -2.36. The van der Waals surface area contributed by atoms with Crippen molar-refractivity contribution in [2.45, 2.75) is 19.3 Å². The van der Waals surface area contributed by atoms with Gasteiger partial charge in [0.2, 0.25) is 5.52 Å². The molecule has 168 valence electrons. The van der Waals surface area contributed by atoms with E-state index in [2.05, 4.69) is 62.4 Å². The molecule has 9 heteroatoms. The molecule has 0 saturated carbocycles. The molecule has 0 atom stereocenters. The van der Waals surface area contributed by atoms with E-state index in [0.29, 0.717) is 17.1 Å². The number of nitrogens with zero attached hydrogens (tertiary/aromatic N) is 6. The quantitative estimate of drug-likeness (QED) is 0.444. The van der Waals surface area contributed by atoms with Crippen molar-refractivity contribution < 1.29 is 9.55 Å². The summed E-state index contributed by atoms with van der Waals surface area (Å²) in [4.78, 5) is 18.3. The summed E-state index contributed by atoms with van der Waals surface area (Å²) >= 11 is 0. The molecular weight excluding hydrogens is 408 g/mol. The summed E-state index contributed by atoms with van der Waals surface area (Å²) in [6, 6.07) is 12.6. The Balaban J connectivity index is 1.42. The highest BCUT2D eigenvalue weighted by Crippen LogP contribution is 2.41. The Kier molecular flexibility index (Phi) is 5.65. The fourth-order valence-electron chi connectivity index (χ4n) is 4.93. The van der Waals surface area contributed by atoms with E-state index in [0.717, 1.165) is 64.2 Å². The second kappa shape index (κ2) is 8.74. The van der Waals surface area contributed by atoms with Crippen LogP contribution in [0.1, 0.15) is 18.4 Å². The Labute approximate surface area is 186 Å². The average Bonchev–Trinajstić information content (AvgIpc) is 3.29. The molecule has 3 heterocycles. The van der Waals surface area contributed by atoms with Crippen molar-refractivity contribution in [3.8, 4) is 0 Å². The van der Waals surface area contributed by atoms with Gasteiger partial charge in [0.15, 0.2) is 5.52 Å². The van der Waals surface area contributed by atoms with E-state index in [-0.39, 0.29) is 16.1 Å². The zero-order valence-corrected chi connectivity index (χ0v) is 18.3. The fraction of sp³-hybridized carbons (Fsp3) is 0.478. The number of hydrogen-bond acceptors (Lipinski definition) is 8. The minimum atomic E-state index is -0.351. The molecule has 0 aliphatic carbocycles. The van der Waals surface area contributed by atoms with E-state index < -0.39 is 0 Å². The van der Waals surface area contributed by atoms with Gasteiger partial charge in [-0.05, 0) is 54.2 Å². The molecule has 2 aliphatic heterocycles. The van der Waals surface area contributed by atoms with Crippen molar-refractivity contribution in [3.63, 3.8) is 0 Å². The van der Waals surface area contributed by atoms with Crippen LogP contribution in [0.5, 0.6) is 0 Å². The summed E-state index contributed by atoms with van der Waals surface area (Å²) in [7, 11) is 2.07. The number of likely N-dealkylation sites (N-methyl/N-ethyl adjacent to an activating group) is 1. The van der Waals surface area contributed by atoms with Crippen LogP contribution in [-0.2, 0) is 6.42 Å². The largest absolute Gasteiger partial charge is 0.370 e. The van der Waals surface area contributed by atoms with Crippen LogP contribution >= 0.6 is 0 Å². The molecule has 9 nitrogen and oxygen atoms in total. The zero-order chi connectivity index (χ0) is 22.1. The van der Waals surface area contributed by atoms with Gasteiger partial charge >= 0.3 is 5.69 Å². The normalized spacial score (nSPS) is 18.4. The molecule has 0 N–H and O–H groups in total. The SMILES string of the molecule is CN1CCN(c2cc(N3CCC(Cc4ccccc4)CC3)c3nonc3c2[N+](=O)[O-])CC1.